The molecule has 0 aromatic rings. The van der Waals surface area contributed by atoms with E-state index in [4.69, 9.17) is 21.7 Å². The highest BCUT2D eigenvalue weighted by atomic mass is 16.4. The summed E-state index contributed by atoms with van der Waals surface area (Å²) in [6.07, 6.45) is -0.519. The van der Waals surface area contributed by atoms with E-state index < -0.39 is 29.3 Å². The smallest absolute Gasteiger partial charge is 0.331 e. The highest BCUT2D eigenvalue weighted by molar-refractivity contribution is 6.09. The lowest BCUT2D eigenvalue weighted by atomic mass is 9.86. The molecule has 0 aliphatic rings. The molecule has 92 valence electrons. The molecule has 7 heteroatoms. The Morgan fingerprint density at radius 2 is 1.81 bits per heavy atom. The van der Waals surface area contributed by atoms with Crippen LogP contribution in [0.3, 0.4) is 0 Å². The second kappa shape index (κ2) is 5.57. The van der Waals surface area contributed by atoms with Gasteiger partial charge in [0.25, 0.3) is 0 Å². The summed E-state index contributed by atoms with van der Waals surface area (Å²) in [6, 6.07) is -1.17. The average molecular weight is 232 g/mol. The minimum atomic E-state index is -2.03. The number of Topliss-reactive ketones (excluding diaryl/α,β-unsaturated/α-hetero) is 1. The van der Waals surface area contributed by atoms with Gasteiger partial charge in [-0.1, -0.05) is 6.92 Å². The van der Waals surface area contributed by atoms with Gasteiger partial charge in [0.2, 0.25) is 0 Å². The fourth-order valence-corrected chi connectivity index (χ4v) is 1.17. The molecule has 6 N–H and O–H groups in total. The van der Waals surface area contributed by atoms with Crippen molar-refractivity contribution in [2.45, 2.75) is 37.8 Å². The topological polar surface area (TPSA) is 144 Å². The summed E-state index contributed by atoms with van der Waals surface area (Å²) in [4.78, 5) is 32.7. The van der Waals surface area contributed by atoms with Gasteiger partial charge >= 0.3 is 11.9 Å². The lowest BCUT2D eigenvalue weighted by molar-refractivity contribution is -0.148. The number of hydrogen-bond acceptors (Lipinski definition) is 5. The maximum atomic E-state index is 11.6. The fourth-order valence-electron chi connectivity index (χ4n) is 1.17. The zero-order chi connectivity index (χ0) is 12.9. The Morgan fingerprint density at radius 1 is 1.31 bits per heavy atom. The van der Waals surface area contributed by atoms with Gasteiger partial charge in [-0.2, -0.15) is 0 Å². The Bertz CT molecular complexity index is 304. The van der Waals surface area contributed by atoms with Crippen LogP contribution in [0.4, 0.5) is 0 Å². The van der Waals surface area contributed by atoms with Crippen LogP contribution in [0.1, 0.15) is 26.2 Å². The van der Waals surface area contributed by atoms with E-state index in [1.54, 1.807) is 0 Å². The van der Waals surface area contributed by atoms with E-state index in [0.717, 1.165) is 0 Å². The molecule has 0 amide bonds. The highest BCUT2D eigenvalue weighted by Gasteiger charge is 2.42. The quantitative estimate of drug-likeness (QED) is 0.409. The molecule has 0 spiro atoms. The molecule has 7 nitrogen and oxygen atoms in total. The Hall–Kier alpha value is -1.47. The number of carboxylic acid groups (broad SMARTS) is 2. The molecule has 0 aromatic heterocycles. The molecular weight excluding hydrogens is 216 g/mol. The molecule has 0 fully saturated rings. The van der Waals surface area contributed by atoms with E-state index in [1.807, 2.05) is 0 Å². The van der Waals surface area contributed by atoms with Crippen LogP contribution in [0.15, 0.2) is 0 Å². The SMILES string of the molecule is CCC(N)(C(=O)O)C(=O)[C@@H](N)CCC(=O)O. The number of carboxylic acids is 2. The number of aliphatic carboxylic acids is 2. The van der Waals surface area contributed by atoms with Gasteiger partial charge in [0.15, 0.2) is 11.3 Å². The summed E-state index contributed by atoms with van der Waals surface area (Å²) in [7, 11) is 0. The summed E-state index contributed by atoms with van der Waals surface area (Å²) in [5, 5.41) is 17.2. The molecule has 0 saturated heterocycles. The third kappa shape index (κ3) is 3.28. The number of ketones is 1. The first-order valence-corrected chi connectivity index (χ1v) is 4.79. The van der Waals surface area contributed by atoms with Gasteiger partial charge in [0, 0.05) is 6.42 Å². The van der Waals surface area contributed by atoms with Crippen LogP contribution in [0, 0.1) is 0 Å². The molecule has 0 heterocycles. The predicted molar refractivity (Wildman–Crippen MR) is 54.7 cm³/mol. The van der Waals surface area contributed by atoms with Gasteiger partial charge in [-0.15, -0.1) is 0 Å². The van der Waals surface area contributed by atoms with E-state index in [1.165, 1.54) is 6.92 Å². The van der Waals surface area contributed by atoms with Crippen molar-refractivity contribution in [3.8, 4) is 0 Å². The zero-order valence-corrected chi connectivity index (χ0v) is 8.97. The third-order valence-corrected chi connectivity index (χ3v) is 2.38. The maximum absolute atomic E-state index is 11.6. The van der Waals surface area contributed by atoms with Gasteiger partial charge < -0.3 is 21.7 Å². The summed E-state index contributed by atoms with van der Waals surface area (Å²) in [5.41, 5.74) is 8.79. The van der Waals surface area contributed by atoms with E-state index >= 15 is 0 Å². The highest BCUT2D eigenvalue weighted by Crippen LogP contribution is 2.12. The third-order valence-electron chi connectivity index (χ3n) is 2.38. The Morgan fingerprint density at radius 3 is 2.12 bits per heavy atom. The van der Waals surface area contributed by atoms with Crippen LogP contribution < -0.4 is 11.5 Å². The zero-order valence-electron chi connectivity index (χ0n) is 8.97. The van der Waals surface area contributed by atoms with Crippen LogP contribution in [0.25, 0.3) is 0 Å². The van der Waals surface area contributed by atoms with Crippen molar-refractivity contribution < 1.29 is 24.6 Å². The van der Waals surface area contributed by atoms with Gasteiger partial charge in [-0.3, -0.25) is 9.59 Å². The molecule has 0 aliphatic carbocycles. The monoisotopic (exact) mass is 232 g/mol. The Labute approximate surface area is 92.4 Å². The average Bonchev–Trinajstić information content (AvgIpc) is 2.23. The maximum Gasteiger partial charge on any atom is 0.331 e. The normalized spacial score (nSPS) is 16.2. The molecule has 0 radical (unpaired) electrons. The van der Waals surface area contributed by atoms with Gasteiger partial charge in [-0.05, 0) is 12.8 Å². The largest absolute Gasteiger partial charge is 0.481 e. The van der Waals surface area contributed by atoms with Crippen LogP contribution >= 0.6 is 0 Å². The number of carbonyl (C=O) groups excluding carboxylic acids is 1. The van der Waals surface area contributed by atoms with Crippen LogP contribution in [0.2, 0.25) is 0 Å². The van der Waals surface area contributed by atoms with Crippen molar-refractivity contribution in [2.75, 3.05) is 0 Å². The first-order chi connectivity index (χ1) is 7.25. The van der Waals surface area contributed by atoms with E-state index in [2.05, 4.69) is 0 Å². The standard InChI is InChI=1S/C9H16N2O5/c1-2-9(11,8(15)16)7(14)5(10)3-4-6(12)13/h5H,2-4,10-11H2,1H3,(H,12,13)(H,15,16)/t5-,9?/m0/s1. The van der Waals surface area contributed by atoms with Crippen molar-refractivity contribution in [3.63, 3.8) is 0 Å². The van der Waals surface area contributed by atoms with Crippen LogP contribution in [-0.2, 0) is 14.4 Å². The minimum absolute atomic E-state index is 0.0953. The molecule has 2 atom stereocenters. The lowest BCUT2D eigenvalue weighted by Crippen LogP contribution is -2.59. The van der Waals surface area contributed by atoms with Crippen molar-refractivity contribution in [1.29, 1.82) is 0 Å². The van der Waals surface area contributed by atoms with Crippen molar-refractivity contribution in [3.05, 3.63) is 0 Å². The summed E-state index contributed by atoms with van der Waals surface area (Å²) < 4.78 is 0. The molecular formula is C9H16N2O5. The number of carbonyl (C=O) groups is 3. The molecule has 0 saturated carbocycles. The summed E-state index contributed by atoms with van der Waals surface area (Å²) >= 11 is 0. The van der Waals surface area contributed by atoms with Crippen LogP contribution in [0.5, 0.6) is 0 Å². The molecule has 0 bridgehead atoms. The fraction of sp³-hybridized carbons (Fsp3) is 0.667. The summed E-state index contributed by atoms with van der Waals surface area (Å²) in [6.45, 7) is 1.45. The van der Waals surface area contributed by atoms with Gasteiger partial charge in [0.05, 0.1) is 6.04 Å². The predicted octanol–water partition coefficient (Wildman–Crippen LogP) is -1.06. The van der Waals surface area contributed by atoms with E-state index in [9.17, 15) is 14.4 Å². The van der Waals surface area contributed by atoms with Gasteiger partial charge in [0.1, 0.15) is 0 Å². The Balaban J connectivity index is 4.63. The van der Waals surface area contributed by atoms with Crippen molar-refractivity contribution in [2.24, 2.45) is 11.5 Å². The molecule has 0 aliphatic heterocycles. The van der Waals surface area contributed by atoms with Crippen LogP contribution in [-0.4, -0.2) is 39.5 Å². The first-order valence-electron chi connectivity index (χ1n) is 4.79. The number of rotatable bonds is 7. The second-order valence-electron chi connectivity index (χ2n) is 3.53. The first kappa shape index (κ1) is 14.5. The lowest BCUT2D eigenvalue weighted by Gasteiger charge is -2.24. The summed E-state index contributed by atoms with van der Waals surface area (Å²) in [5.74, 6) is -3.40. The number of hydrogen-bond donors (Lipinski definition) is 4. The molecule has 1 unspecified atom stereocenters. The van der Waals surface area contributed by atoms with Crippen molar-refractivity contribution in [1.82, 2.24) is 0 Å². The Kier molecular flexibility index (Phi) is 5.06. The molecule has 0 aromatic carbocycles. The van der Waals surface area contributed by atoms with E-state index in [-0.39, 0.29) is 19.3 Å². The second-order valence-corrected chi connectivity index (χ2v) is 3.53. The van der Waals surface area contributed by atoms with Gasteiger partial charge in [-0.25, -0.2) is 4.79 Å². The minimum Gasteiger partial charge on any atom is -0.481 e. The van der Waals surface area contributed by atoms with E-state index in [0.29, 0.717) is 0 Å². The molecule has 16 heavy (non-hydrogen) atoms. The van der Waals surface area contributed by atoms with Crippen molar-refractivity contribution >= 4 is 17.7 Å². The number of nitrogens with two attached hydrogens (primary N) is 2. The molecule has 0 rings (SSSR count).